The molecule has 0 heterocycles. The number of benzene rings is 3. The normalized spacial score (nSPS) is 12.2. The number of sulfonamides is 1. The highest BCUT2D eigenvalue weighted by atomic mass is 32.2. The Morgan fingerprint density at radius 1 is 0.850 bits per heavy atom. The Bertz CT molecular complexity index is 1360. The van der Waals surface area contributed by atoms with Gasteiger partial charge in [-0.1, -0.05) is 86.5 Å². The van der Waals surface area contributed by atoms with Crippen LogP contribution >= 0.6 is 0 Å². The summed E-state index contributed by atoms with van der Waals surface area (Å²) in [5.41, 5.74) is 3.32. The first-order chi connectivity index (χ1) is 19.0. The zero-order valence-corrected chi connectivity index (χ0v) is 24.9. The first kappa shape index (κ1) is 30.9. The second kappa shape index (κ2) is 14.1. The number of rotatable bonds is 13. The fraction of sp³-hybridized carbons (Fsp3) is 0.375. The Labute approximate surface area is 239 Å². The van der Waals surface area contributed by atoms with Gasteiger partial charge in [0, 0.05) is 13.1 Å². The van der Waals surface area contributed by atoms with Crippen LogP contribution in [0, 0.1) is 19.8 Å². The maximum Gasteiger partial charge on any atom is 0.264 e. The van der Waals surface area contributed by atoms with E-state index in [1.165, 1.54) is 4.90 Å². The fourth-order valence-electron chi connectivity index (χ4n) is 4.40. The van der Waals surface area contributed by atoms with Crippen molar-refractivity contribution in [2.75, 3.05) is 23.9 Å². The van der Waals surface area contributed by atoms with Crippen LogP contribution in [-0.4, -0.2) is 50.8 Å². The molecule has 0 radical (unpaired) electrons. The molecule has 0 aliphatic rings. The van der Waals surface area contributed by atoms with E-state index in [1.807, 2.05) is 77.1 Å². The van der Waals surface area contributed by atoms with Crippen molar-refractivity contribution in [2.45, 2.75) is 58.4 Å². The fourth-order valence-corrected chi connectivity index (χ4v) is 5.81. The Morgan fingerprint density at radius 2 is 1.43 bits per heavy atom. The van der Waals surface area contributed by atoms with Crippen LogP contribution in [-0.2, 0) is 26.0 Å². The number of hydrogen-bond donors (Lipinski definition) is 1. The third-order valence-electron chi connectivity index (χ3n) is 6.76. The van der Waals surface area contributed by atoms with Gasteiger partial charge in [-0.05, 0) is 62.4 Å². The van der Waals surface area contributed by atoms with Gasteiger partial charge in [-0.15, -0.1) is 0 Å². The van der Waals surface area contributed by atoms with Gasteiger partial charge in [0.15, 0.2) is 0 Å². The van der Waals surface area contributed by atoms with Crippen LogP contribution in [0.2, 0.25) is 0 Å². The summed E-state index contributed by atoms with van der Waals surface area (Å²) in [6.07, 6.45) is 0.940. The average molecular weight is 564 g/mol. The molecule has 40 heavy (non-hydrogen) atoms. The molecule has 0 aromatic heterocycles. The molecule has 0 aliphatic carbocycles. The molecule has 0 spiro atoms. The van der Waals surface area contributed by atoms with Crippen LogP contribution in [0.3, 0.4) is 0 Å². The first-order valence-electron chi connectivity index (χ1n) is 13.8. The van der Waals surface area contributed by atoms with Crippen LogP contribution in [0.5, 0.6) is 0 Å². The van der Waals surface area contributed by atoms with Gasteiger partial charge in [0.25, 0.3) is 10.0 Å². The van der Waals surface area contributed by atoms with Gasteiger partial charge in [-0.25, -0.2) is 8.42 Å². The van der Waals surface area contributed by atoms with Gasteiger partial charge >= 0.3 is 0 Å². The van der Waals surface area contributed by atoms with Gasteiger partial charge in [0.2, 0.25) is 11.8 Å². The van der Waals surface area contributed by atoms with E-state index in [0.717, 1.165) is 21.0 Å². The maximum absolute atomic E-state index is 14.0. The maximum atomic E-state index is 14.0. The predicted molar refractivity (Wildman–Crippen MR) is 161 cm³/mol. The van der Waals surface area contributed by atoms with E-state index in [4.69, 9.17) is 0 Å². The van der Waals surface area contributed by atoms with E-state index in [2.05, 4.69) is 5.32 Å². The van der Waals surface area contributed by atoms with Crippen molar-refractivity contribution < 1.29 is 18.0 Å². The third-order valence-corrected chi connectivity index (χ3v) is 8.55. The van der Waals surface area contributed by atoms with Crippen LogP contribution in [0.25, 0.3) is 0 Å². The summed E-state index contributed by atoms with van der Waals surface area (Å²) < 4.78 is 28.9. The summed E-state index contributed by atoms with van der Waals surface area (Å²) in [6.45, 7) is 10.0. The van der Waals surface area contributed by atoms with Gasteiger partial charge in [-0.3, -0.25) is 13.9 Å². The van der Waals surface area contributed by atoms with Crippen LogP contribution in [0.15, 0.2) is 83.8 Å². The number of carbonyl (C=O) groups excluding carboxylic acids is 2. The Morgan fingerprint density at radius 3 is 1.98 bits per heavy atom. The standard InChI is InChI=1S/C32H41N3O4S/c1-6-30(32(37)33-22-24(2)3)34(21-20-27-10-8-7-9-11-27)31(36)23-35(28-16-12-25(4)13-17-28)40(38,39)29-18-14-26(5)15-19-29/h7-19,24,30H,6,20-23H2,1-5H3,(H,33,37)/t30-/m1/s1. The lowest BCUT2D eigenvalue weighted by Crippen LogP contribution is -2.53. The lowest BCUT2D eigenvalue weighted by atomic mass is 10.1. The van der Waals surface area contributed by atoms with E-state index in [-0.39, 0.29) is 23.3 Å². The van der Waals surface area contributed by atoms with E-state index in [9.17, 15) is 18.0 Å². The summed E-state index contributed by atoms with van der Waals surface area (Å²) in [5.74, 6) is -0.411. The highest BCUT2D eigenvalue weighted by Crippen LogP contribution is 2.25. The minimum absolute atomic E-state index is 0.101. The minimum atomic E-state index is -4.07. The topological polar surface area (TPSA) is 86.8 Å². The smallest absolute Gasteiger partial charge is 0.264 e. The molecule has 1 atom stereocenters. The van der Waals surface area contributed by atoms with Crippen molar-refractivity contribution in [3.8, 4) is 0 Å². The van der Waals surface area contributed by atoms with Crippen molar-refractivity contribution in [2.24, 2.45) is 5.92 Å². The number of amides is 2. The Balaban J connectivity index is 1.99. The molecule has 0 bridgehead atoms. The molecule has 0 unspecified atom stereocenters. The zero-order valence-electron chi connectivity index (χ0n) is 24.1. The average Bonchev–Trinajstić information content (AvgIpc) is 2.93. The number of nitrogens with one attached hydrogen (secondary N) is 1. The van der Waals surface area contributed by atoms with Crippen molar-refractivity contribution in [1.29, 1.82) is 0 Å². The monoisotopic (exact) mass is 563 g/mol. The molecular weight excluding hydrogens is 522 g/mol. The van der Waals surface area contributed by atoms with Crippen LogP contribution in [0.1, 0.15) is 43.9 Å². The SMILES string of the molecule is CC[C@H](C(=O)NCC(C)C)N(CCc1ccccc1)C(=O)CN(c1ccc(C)cc1)S(=O)(=O)c1ccc(C)cc1. The van der Waals surface area contributed by atoms with Crippen molar-refractivity contribution in [3.05, 3.63) is 95.6 Å². The largest absolute Gasteiger partial charge is 0.354 e. The number of anilines is 1. The number of aryl methyl sites for hydroxylation is 2. The van der Waals surface area contributed by atoms with Crippen LogP contribution < -0.4 is 9.62 Å². The molecule has 1 N–H and O–H groups in total. The molecule has 0 saturated heterocycles. The number of hydrogen-bond acceptors (Lipinski definition) is 4. The first-order valence-corrected chi connectivity index (χ1v) is 15.2. The minimum Gasteiger partial charge on any atom is -0.354 e. The van der Waals surface area contributed by atoms with E-state index < -0.39 is 28.5 Å². The summed E-state index contributed by atoms with van der Waals surface area (Å²) in [5, 5.41) is 2.95. The Hall–Kier alpha value is -3.65. The molecule has 214 valence electrons. The molecule has 0 aliphatic heterocycles. The van der Waals surface area contributed by atoms with E-state index in [1.54, 1.807) is 36.4 Å². The summed E-state index contributed by atoms with van der Waals surface area (Å²) in [7, 11) is -4.07. The van der Waals surface area contributed by atoms with Gasteiger partial charge in [-0.2, -0.15) is 0 Å². The molecule has 3 aromatic rings. The second-order valence-electron chi connectivity index (χ2n) is 10.5. The summed E-state index contributed by atoms with van der Waals surface area (Å²) in [6, 6.07) is 22.6. The van der Waals surface area contributed by atoms with Gasteiger partial charge in [0.05, 0.1) is 10.6 Å². The summed E-state index contributed by atoms with van der Waals surface area (Å²) in [4.78, 5) is 28.9. The predicted octanol–water partition coefficient (Wildman–Crippen LogP) is 5.12. The Kier molecular flexibility index (Phi) is 10.9. The number of carbonyl (C=O) groups is 2. The summed E-state index contributed by atoms with van der Waals surface area (Å²) >= 11 is 0. The molecule has 7 nitrogen and oxygen atoms in total. The van der Waals surface area contributed by atoms with E-state index in [0.29, 0.717) is 25.1 Å². The van der Waals surface area contributed by atoms with Crippen LogP contribution in [0.4, 0.5) is 5.69 Å². The lowest BCUT2D eigenvalue weighted by molar-refractivity contribution is -0.139. The van der Waals surface area contributed by atoms with E-state index >= 15 is 0 Å². The van der Waals surface area contributed by atoms with Crippen molar-refractivity contribution in [3.63, 3.8) is 0 Å². The molecule has 3 rings (SSSR count). The molecule has 2 amide bonds. The quantitative estimate of drug-likeness (QED) is 0.313. The lowest BCUT2D eigenvalue weighted by Gasteiger charge is -2.33. The third kappa shape index (κ3) is 8.18. The molecule has 8 heteroatoms. The zero-order chi connectivity index (χ0) is 29.3. The highest BCUT2D eigenvalue weighted by Gasteiger charge is 2.33. The highest BCUT2D eigenvalue weighted by molar-refractivity contribution is 7.92. The van der Waals surface area contributed by atoms with Gasteiger partial charge in [0.1, 0.15) is 12.6 Å². The second-order valence-corrected chi connectivity index (χ2v) is 12.4. The van der Waals surface area contributed by atoms with Crippen molar-refractivity contribution >= 4 is 27.5 Å². The molecular formula is C32H41N3O4S. The number of nitrogens with zero attached hydrogens (tertiary/aromatic N) is 2. The van der Waals surface area contributed by atoms with Gasteiger partial charge < -0.3 is 10.2 Å². The molecule has 0 fully saturated rings. The molecule has 3 aromatic carbocycles. The van der Waals surface area contributed by atoms with Crippen molar-refractivity contribution in [1.82, 2.24) is 10.2 Å². The molecule has 0 saturated carbocycles.